The highest BCUT2D eigenvalue weighted by molar-refractivity contribution is 7.79. The van der Waals surface area contributed by atoms with Crippen LogP contribution in [-0.2, 0) is 5.88 Å². The Kier molecular flexibility index (Phi) is 5.41. The van der Waals surface area contributed by atoms with Gasteiger partial charge in [-0.15, -0.1) is 0 Å². The summed E-state index contributed by atoms with van der Waals surface area (Å²) in [6.45, 7) is 4.00. The van der Waals surface area contributed by atoms with Crippen molar-refractivity contribution < 1.29 is 0 Å². The molecule has 0 aromatic carbocycles. The average molecular weight is 144 g/mol. The van der Waals surface area contributed by atoms with Crippen LogP contribution in [0, 0.1) is 0 Å². The Morgan fingerprint density at radius 2 is 2.22 bits per heavy atom. The quantitative estimate of drug-likeness (QED) is 0.595. The number of rotatable bonds is 1. The van der Waals surface area contributed by atoms with Crippen LogP contribution in [0.2, 0.25) is 0 Å². The van der Waals surface area contributed by atoms with Gasteiger partial charge in [0.2, 0.25) is 0 Å². The second kappa shape index (κ2) is 5.69. The summed E-state index contributed by atoms with van der Waals surface area (Å²) in [6, 6.07) is 1.87. The summed E-state index contributed by atoms with van der Waals surface area (Å²) < 4.78 is 1.74. The molecule has 0 spiro atoms. The van der Waals surface area contributed by atoms with Crippen LogP contribution >= 0.6 is 12.6 Å². The number of aromatic nitrogens is 2. The zero-order valence-corrected chi connectivity index (χ0v) is 6.68. The summed E-state index contributed by atoms with van der Waals surface area (Å²) in [5.41, 5.74) is 0. The zero-order chi connectivity index (χ0) is 7.11. The minimum atomic E-state index is 0.660. The van der Waals surface area contributed by atoms with Gasteiger partial charge >= 0.3 is 0 Å². The summed E-state index contributed by atoms with van der Waals surface area (Å²) >= 11 is 3.98. The Morgan fingerprint density at radius 1 is 1.56 bits per heavy atom. The molecule has 9 heavy (non-hydrogen) atoms. The van der Waals surface area contributed by atoms with Gasteiger partial charge in [-0.3, -0.25) is 4.68 Å². The van der Waals surface area contributed by atoms with Gasteiger partial charge in [0.1, 0.15) is 0 Å². The molecular formula is C6H12N2S. The van der Waals surface area contributed by atoms with E-state index in [4.69, 9.17) is 0 Å². The Balaban J connectivity index is 0.000000291. The molecule has 0 aliphatic carbocycles. The predicted molar refractivity (Wildman–Crippen MR) is 42.6 cm³/mol. The summed E-state index contributed by atoms with van der Waals surface area (Å²) in [6.07, 6.45) is 3.60. The number of hydrogen-bond donors (Lipinski definition) is 1. The molecule has 52 valence electrons. The molecule has 1 aromatic rings. The maximum absolute atomic E-state index is 3.98. The molecule has 1 aromatic heterocycles. The zero-order valence-electron chi connectivity index (χ0n) is 5.78. The Bertz CT molecular complexity index is 126. The number of hydrogen-bond acceptors (Lipinski definition) is 2. The molecule has 3 heteroatoms. The molecule has 0 radical (unpaired) electrons. The predicted octanol–water partition coefficient (Wildman–Crippen LogP) is 1.80. The maximum atomic E-state index is 3.98. The van der Waals surface area contributed by atoms with E-state index in [1.54, 1.807) is 10.9 Å². The minimum Gasteiger partial charge on any atom is -0.263 e. The van der Waals surface area contributed by atoms with E-state index in [1.165, 1.54) is 0 Å². The average Bonchev–Trinajstić information content (AvgIpc) is 2.43. The lowest BCUT2D eigenvalue weighted by molar-refractivity contribution is 0.754. The first-order chi connectivity index (χ1) is 4.43. The molecule has 0 fully saturated rings. The molecule has 0 unspecified atom stereocenters. The Morgan fingerprint density at radius 3 is 2.44 bits per heavy atom. The lowest BCUT2D eigenvalue weighted by Gasteiger charge is -1.86. The third-order valence-corrected chi connectivity index (χ3v) is 0.994. The van der Waals surface area contributed by atoms with Crippen LogP contribution in [0.3, 0.4) is 0 Å². The van der Waals surface area contributed by atoms with Crippen molar-refractivity contribution in [1.82, 2.24) is 9.78 Å². The fraction of sp³-hybridized carbons (Fsp3) is 0.500. The lowest BCUT2D eigenvalue weighted by atomic mass is 10.8. The molecule has 0 amide bonds. The van der Waals surface area contributed by atoms with E-state index < -0.39 is 0 Å². The van der Waals surface area contributed by atoms with E-state index in [0.29, 0.717) is 5.88 Å². The monoisotopic (exact) mass is 144 g/mol. The number of thiol groups is 1. The molecule has 0 saturated carbocycles. The minimum absolute atomic E-state index is 0.660. The molecule has 0 aliphatic heterocycles. The summed E-state index contributed by atoms with van der Waals surface area (Å²) in [7, 11) is 0. The molecule has 1 heterocycles. The van der Waals surface area contributed by atoms with Crippen molar-refractivity contribution in [2.75, 3.05) is 0 Å². The molecule has 0 bridgehead atoms. The second-order valence-corrected chi connectivity index (χ2v) is 1.47. The summed E-state index contributed by atoms with van der Waals surface area (Å²) in [4.78, 5) is 0. The summed E-state index contributed by atoms with van der Waals surface area (Å²) in [5, 5.41) is 3.88. The van der Waals surface area contributed by atoms with Crippen molar-refractivity contribution in [2.45, 2.75) is 19.7 Å². The summed E-state index contributed by atoms with van der Waals surface area (Å²) in [5.74, 6) is 0.660. The van der Waals surface area contributed by atoms with E-state index in [0.717, 1.165) is 0 Å². The van der Waals surface area contributed by atoms with Crippen molar-refractivity contribution >= 4 is 12.6 Å². The van der Waals surface area contributed by atoms with Crippen molar-refractivity contribution in [3.63, 3.8) is 0 Å². The third kappa shape index (κ3) is 3.19. The first-order valence-electron chi connectivity index (χ1n) is 3.02. The molecule has 1 rings (SSSR count). The van der Waals surface area contributed by atoms with E-state index in [-0.39, 0.29) is 0 Å². The fourth-order valence-electron chi connectivity index (χ4n) is 0.384. The molecule has 0 saturated heterocycles. The lowest BCUT2D eigenvalue weighted by Crippen LogP contribution is -1.89. The Labute approximate surface area is 61.3 Å². The van der Waals surface area contributed by atoms with Crippen LogP contribution in [0.15, 0.2) is 18.5 Å². The van der Waals surface area contributed by atoms with Gasteiger partial charge in [0, 0.05) is 12.4 Å². The van der Waals surface area contributed by atoms with Crippen molar-refractivity contribution in [2.24, 2.45) is 0 Å². The third-order valence-electron chi connectivity index (χ3n) is 0.704. The van der Waals surface area contributed by atoms with Crippen LogP contribution in [0.5, 0.6) is 0 Å². The molecule has 0 N–H and O–H groups in total. The number of nitrogens with zero attached hydrogens (tertiary/aromatic N) is 2. The second-order valence-electron chi connectivity index (χ2n) is 1.19. The van der Waals surface area contributed by atoms with Gasteiger partial charge in [0.25, 0.3) is 0 Å². The first-order valence-corrected chi connectivity index (χ1v) is 3.65. The molecule has 2 nitrogen and oxygen atoms in total. The van der Waals surface area contributed by atoms with E-state index in [9.17, 15) is 0 Å². The van der Waals surface area contributed by atoms with Crippen LogP contribution in [-0.4, -0.2) is 9.78 Å². The van der Waals surface area contributed by atoms with E-state index in [1.807, 2.05) is 26.1 Å². The molecule has 0 atom stereocenters. The standard InChI is InChI=1S/C4H6N2S.C2H6/c7-4-6-3-1-2-5-6;1-2/h1-3,7H,4H2;1-2H3. The van der Waals surface area contributed by atoms with Crippen molar-refractivity contribution in [3.05, 3.63) is 18.5 Å². The topological polar surface area (TPSA) is 17.8 Å². The van der Waals surface area contributed by atoms with Crippen LogP contribution in [0.25, 0.3) is 0 Å². The van der Waals surface area contributed by atoms with Crippen LogP contribution in [0.4, 0.5) is 0 Å². The smallest absolute Gasteiger partial charge is 0.0834 e. The SMILES string of the molecule is CC.SCn1cccn1. The largest absolute Gasteiger partial charge is 0.263 e. The van der Waals surface area contributed by atoms with Crippen LogP contribution in [0.1, 0.15) is 13.8 Å². The van der Waals surface area contributed by atoms with Gasteiger partial charge in [-0.2, -0.15) is 17.7 Å². The maximum Gasteiger partial charge on any atom is 0.0834 e. The van der Waals surface area contributed by atoms with Gasteiger partial charge in [0.05, 0.1) is 5.88 Å². The fourth-order valence-corrected chi connectivity index (χ4v) is 0.551. The normalized spacial score (nSPS) is 7.89. The van der Waals surface area contributed by atoms with Gasteiger partial charge in [0.15, 0.2) is 0 Å². The Hall–Kier alpha value is -0.440. The van der Waals surface area contributed by atoms with Gasteiger partial charge < -0.3 is 0 Å². The van der Waals surface area contributed by atoms with Gasteiger partial charge in [-0.1, -0.05) is 13.8 Å². The van der Waals surface area contributed by atoms with E-state index in [2.05, 4.69) is 17.7 Å². The highest BCUT2D eigenvalue weighted by Gasteiger charge is 1.77. The van der Waals surface area contributed by atoms with E-state index >= 15 is 0 Å². The van der Waals surface area contributed by atoms with Crippen LogP contribution < -0.4 is 0 Å². The highest BCUT2D eigenvalue weighted by atomic mass is 32.1. The molecular weight excluding hydrogens is 132 g/mol. The van der Waals surface area contributed by atoms with Gasteiger partial charge in [-0.25, -0.2) is 0 Å². The highest BCUT2D eigenvalue weighted by Crippen LogP contribution is 1.84. The van der Waals surface area contributed by atoms with Crippen molar-refractivity contribution in [1.29, 1.82) is 0 Å². The first kappa shape index (κ1) is 8.56. The molecule has 0 aliphatic rings. The van der Waals surface area contributed by atoms with Crippen molar-refractivity contribution in [3.8, 4) is 0 Å². The van der Waals surface area contributed by atoms with Gasteiger partial charge in [-0.05, 0) is 6.07 Å².